The topological polar surface area (TPSA) is 88.7 Å². The van der Waals surface area contributed by atoms with E-state index in [-0.39, 0.29) is 35.8 Å². The van der Waals surface area contributed by atoms with Crippen LogP contribution >= 0.6 is 24.0 Å². The summed E-state index contributed by atoms with van der Waals surface area (Å²) in [4.78, 5) is 16.2. The zero-order chi connectivity index (χ0) is 17.4. The number of hydrogen-bond donors (Lipinski definition) is 3. The van der Waals surface area contributed by atoms with Gasteiger partial charge >= 0.3 is 0 Å². The van der Waals surface area contributed by atoms with Crippen LogP contribution < -0.4 is 21.1 Å². The second-order valence-electron chi connectivity index (χ2n) is 5.09. The highest BCUT2D eigenvalue weighted by Gasteiger charge is 2.05. The third-order valence-corrected chi connectivity index (χ3v) is 3.33. The second-order valence-corrected chi connectivity index (χ2v) is 5.09. The number of anilines is 1. The molecule has 0 aliphatic rings. The van der Waals surface area contributed by atoms with Crippen molar-refractivity contribution in [2.45, 2.75) is 13.5 Å². The van der Waals surface area contributed by atoms with Gasteiger partial charge in [-0.25, -0.2) is 4.99 Å². The van der Waals surface area contributed by atoms with Gasteiger partial charge in [-0.3, -0.25) is 4.79 Å². The molecule has 0 aliphatic heterocycles. The Kier molecular flexibility index (Phi) is 8.76. The maximum Gasteiger partial charge on any atom is 0.251 e. The molecule has 134 valence electrons. The van der Waals surface area contributed by atoms with Crippen LogP contribution in [-0.2, 0) is 6.54 Å². The first-order valence-electron chi connectivity index (χ1n) is 7.71. The molecule has 0 spiro atoms. The molecule has 0 fully saturated rings. The molecule has 2 aromatic rings. The van der Waals surface area contributed by atoms with E-state index in [0.29, 0.717) is 24.4 Å². The smallest absolute Gasteiger partial charge is 0.251 e. The Bertz CT molecular complexity index is 735. The minimum absolute atomic E-state index is 0. The van der Waals surface area contributed by atoms with Gasteiger partial charge in [0.2, 0.25) is 0 Å². The second kappa shape index (κ2) is 10.5. The number of rotatable bonds is 6. The number of aliphatic imine (C=N–C) groups is 1. The number of guanidine groups is 1. The molecule has 7 heteroatoms. The van der Waals surface area contributed by atoms with Gasteiger partial charge in [-0.15, -0.1) is 24.0 Å². The highest BCUT2D eigenvalue weighted by Crippen LogP contribution is 2.22. The van der Waals surface area contributed by atoms with Crippen molar-refractivity contribution in [3.8, 4) is 5.75 Å². The molecule has 0 unspecified atom stereocenters. The summed E-state index contributed by atoms with van der Waals surface area (Å²) in [5.41, 5.74) is 8.19. The maximum atomic E-state index is 11.8. The van der Waals surface area contributed by atoms with Gasteiger partial charge in [0.15, 0.2) is 5.96 Å². The normalized spacial score (nSPS) is 10.6. The van der Waals surface area contributed by atoms with Crippen molar-refractivity contribution in [3.05, 3.63) is 59.7 Å². The van der Waals surface area contributed by atoms with Crippen LogP contribution in [0.3, 0.4) is 0 Å². The average Bonchev–Trinajstić information content (AvgIpc) is 2.61. The van der Waals surface area contributed by atoms with Gasteiger partial charge in [-0.1, -0.05) is 24.3 Å². The van der Waals surface area contributed by atoms with Crippen LogP contribution in [0, 0.1) is 0 Å². The predicted octanol–water partition coefficient (Wildman–Crippen LogP) is 2.99. The van der Waals surface area contributed by atoms with E-state index in [4.69, 9.17) is 10.5 Å². The van der Waals surface area contributed by atoms with Crippen LogP contribution in [0.5, 0.6) is 5.75 Å². The highest BCUT2D eigenvalue weighted by atomic mass is 127. The summed E-state index contributed by atoms with van der Waals surface area (Å²) in [5, 5.41) is 5.79. The van der Waals surface area contributed by atoms with Gasteiger partial charge in [0.25, 0.3) is 5.91 Å². The van der Waals surface area contributed by atoms with Crippen LogP contribution in [0.15, 0.2) is 53.5 Å². The van der Waals surface area contributed by atoms with Crippen molar-refractivity contribution in [2.75, 3.05) is 19.0 Å². The molecule has 25 heavy (non-hydrogen) atoms. The van der Waals surface area contributed by atoms with Crippen molar-refractivity contribution < 1.29 is 9.53 Å². The van der Waals surface area contributed by atoms with E-state index in [0.717, 1.165) is 11.3 Å². The number of benzene rings is 2. The molecule has 1 amide bonds. The molecular weight excluding hydrogens is 431 g/mol. The molecule has 0 aromatic heterocycles. The quantitative estimate of drug-likeness (QED) is 0.356. The molecule has 4 N–H and O–H groups in total. The molecule has 0 saturated carbocycles. The fourth-order valence-corrected chi connectivity index (χ4v) is 2.18. The number of nitrogens with zero attached hydrogens (tertiary/aromatic N) is 1. The van der Waals surface area contributed by atoms with Crippen molar-refractivity contribution in [1.29, 1.82) is 0 Å². The molecule has 0 atom stereocenters. The molecule has 0 aliphatic carbocycles. The van der Waals surface area contributed by atoms with E-state index >= 15 is 0 Å². The lowest BCUT2D eigenvalue weighted by Crippen LogP contribution is -2.23. The van der Waals surface area contributed by atoms with Crippen LogP contribution in [0.2, 0.25) is 0 Å². The summed E-state index contributed by atoms with van der Waals surface area (Å²) in [5.74, 6) is 0.875. The summed E-state index contributed by atoms with van der Waals surface area (Å²) < 4.78 is 5.26. The number of carbonyl (C=O) groups is 1. The monoisotopic (exact) mass is 454 g/mol. The van der Waals surface area contributed by atoms with Gasteiger partial charge in [0.1, 0.15) is 5.75 Å². The lowest BCUT2D eigenvalue weighted by molar-refractivity contribution is 0.0955. The van der Waals surface area contributed by atoms with Crippen LogP contribution in [0.25, 0.3) is 0 Å². The van der Waals surface area contributed by atoms with E-state index in [1.165, 1.54) is 0 Å². The number of amides is 1. The van der Waals surface area contributed by atoms with Gasteiger partial charge < -0.3 is 21.1 Å². The van der Waals surface area contributed by atoms with Gasteiger partial charge in [-0.2, -0.15) is 0 Å². The fraction of sp³-hybridized carbons (Fsp3) is 0.222. The summed E-state index contributed by atoms with van der Waals surface area (Å²) in [7, 11) is 1.60. The van der Waals surface area contributed by atoms with E-state index in [2.05, 4.69) is 15.6 Å². The molecule has 0 bridgehead atoms. The molecule has 0 saturated heterocycles. The number of nitrogens with one attached hydrogen (secondary N) is 2. The number of carbonyl (C=O) groups excluding carboxylic acids is 1. The zero-order valence-corrected chi connectivity index (χ0v) is 16.6. The predicted molar refractivity (Wildman–Crippen MR) is 112 cm³/mol. The molecule has 2 aromatic carbocycles. The van der Waals surface area contributed by atoms with Crippen molar-refractivity contribution in [2.24, 2.45) is 10.7 Å². The van der Waals surface area contributed by atoms with E-state index < -0.39 is 0 Å². The Morgan fingerprint density at radius 2 is 1.96 bits per heavy atom. The van der Waals surface area contributed by atoms with E-state index in [1.807, 2.05) is 49.4 Å². The van der Waals surface area contributed by atoms with Crippen LogP contribution in [0.4, 0.5) is 5.69 Å². The van der Waals surface area contributed by atoms with Crippen molar-refractivity contribution >= 4 is 41.5 Å². The first-order valence-corrected chi connectivity index (χ1v) is 7.71. The Balaban J connectivity index is 0.00000312. The molecular formula is C18H23IN4O2. The third kappa shape index (κ3) is 6.26. The van der Waals surface area contributed by atoms with Crippen molar-refractivity contribution in [1.82, 2.24) is 5.32 Å². The van der Waals surface area contributed by atoms with Crippen LogP contribution in [0.1, 0.15) is 22.8 Å². The molecule has 6 nitrogen and oxygen atoms in total. The van der Waals surface area contributed by atoms with E-state index in [1.54, 1.807) is 13.2 Å². The summed E-state index contributed by atoms with van der Waals surface area (Å²) >= 11 is 0. The van der Waals surface area contributed by atoms with Gasteiger partial charge in [-0.05, 0) is 36.8 Å². The molecule has 0 heterocycles. The number of hydrogen-bond acceptors (Lipinski definition) is 3. The minimum atomic E-state index is -0.0940. The highest BCUT2D eigenvalue weighted by molar-refractivity contribution is 14.0. The minimum Gasteiger partial charge on any atom is -0.495 e. The number of halogens is 1. The largest absolute Gasteiger partial charge is 0.495 e. The van der Waals surface area contributed by atoms with Gasteiger partial charge in [0.05, 0.1) is 19.3 Å². The first kappa shape index (κ1) is 20.8. The Morgan fingerprint density at radius 1 is 1.20 bits per heavy atom. The standard InChI is InChI=1S/C18H22N4O2.HI/c1-3-20-17(23)14-8-6-7-13(11-14)12-21-18(19)22-15-9-4-5-10-16(15)24-2;/h4-11H,3,12H2,1-2H3,(H,20,23)(H3,19,21,22);1H. The SMILES string of the molecule is CCNC(=O)c1cccc(CN=C(N)Nc2ccccc2OC)c1.I. The zero-order valence-electron chi connectivity index (χ0n) is 14.3. The number of methoxy groups -OCH3 is 1. The summed E-state index contributed by atoms with van der Waals surface area (Å²) in [6.07, 6.45) is 0. The number of ether oxygens (including phenoxy) is 1. The fourth-order valence-electron chi connectivity index (χ4n) is 2.18. The molecule has 0 radical (unpaired) electrons. The third-order valence-electron chi connectivity index (χ3n) is 3.33. The number of nitrogens with two attached hydrogens (primary N) is 1. The van der Waals surface area contributed by atoms with Crippen LogP contribution in [-0.4, -0.2) is 25.5 Å². The van der Waals surface area contributed by atoms with E-state index in [9.17, 15) is 4.79 Å². The Morgan fingerprint density at radius 3 is 2.68 bits per heavy atom. The summed E-state index contributed by atoms with van der Waals surface area (Å²) in [6, 6.07) is 14.8. The molecule has 2 rings (SSSR count). The maximum absolute atomic E-state index is 11.8. The Hall–Kier alpha value is -2.29. The lowest BCUT2D eigenvalue weighted by Gasteiger charge is -2.10. The lowest BCUT2D eigenvalue weighted by atomic mass is 10.1. The Labute approximate surface area is 164 Å². The summed E-state index contributed by atoms with van der Waals surface area (Å²) in [6.45, 7) is 2.86. The number of para-hydroxylation sites is 2. The van der Waals surface area contributed by atoms with Gasteiger partial charge in [0, 0.05) is 12.1 Å². The average molecular weight is 454 g/mol. The van der Waals surface area contributed by atoms with Crippen molar-refractivity contribution in [3.63, 3.8) is 0 Å². The first-order chi connectivity index (χ1) is 11.6.